The SMILES string of the molecule is COC1(CO)N=c2ccccc2=N1. The third-order valence-electron chi connectivity index (χ3n) is 2.00. The van der Waals surface area contributed by atoms with Crippen LogP contribution in [0.15, 0.2) is 34.3 Å². The normalized spacial score (nSPS) is 17.4. The Hall–Kier alpha value is -1.26. The summed E-state index contributed by atoms with van der Waals surface area (Å²) in [4.78, 5) is 8.36. The summed E-state index contributed by atoms with van der Waals surface area (Å²) in [7, 11) is 1.48. The predicted molar refractivity (Wildman–Crippen MR) is 45.6 cm³/mol. The number of ether oxygens (including phenoxy) is 1. The number of para-hydroxylation sites is 2. The highest BCUT2D eigenvalue weighted by Gasteiger charge is 2.29. The van der Waals surface area contributed by atoms with Gasteiger partial charge in [0, 0.05) is 7.11 Å². The van der Waals surface area contributed by atoms with Crippen molar-refractivity contribution in [3.8, 4) is 0 Å². The van der Waals surface area contributed by atoms with Gasteiger partial charge in [-0.2, -0.15) is 0 Å². The standard InChI is InChI=1S/C9H10N2O2/c1-13-9(6-12)10-7-4-2-3-5-8(7)11-9/h2-5,12H,6H2,1H3. The average Bonchev–Trinajstić information content (AvgIpc) is 2.57. The van der Waals surface area contributed by atoms with Gasteiger partial charge in [0.05, 0.1) is 10.7 Å². The van der Waals surface area contributed by atoms with Crippen molar-refractivity contribution < 1.29 is 9.84 Å². The Morgan fingerprint density at radius 1 is 1.31 bits per heavy atom. The summed E-state index contributed by atoms with van der Waals surface area (Å²) in [5, 5.41) is 10.6. The molecule has 0 aliphatic carbocycles. The van der Waals surface area contributed by atoms with Crippen LogP contribution < -0.4 is 10.7 Å². The van der Waals surface area contributed by atoms with Gasteiger partial charge < -0.3 is 9.84 Å². The maximum absolute atomic E-state index is 9.08. The van der Waals surface area contributed by atoms with Crippen LogP contribution in [0, 0.1) is 0 Å². The molecule has 0 spiro atoms. The van der Waals surface area contributed by atoms with Crippen LogP contribution in [-0.4, -0.2) is 24.7 Å². The highest BCUT2D eigenvalue weighted by molar-refractivity contribution is 5.05. The summed E-state index contributed by atoms with van der Waals surface area (Å²) in [6.07, 6.45) is 0. The van der Waals surface area contributed by atoms with Gasteiger partial charge in [-0.1, -0.05) is 12.1 Å². The molecule has 4 nitrogen and oxygen atoms in total. The van der Waals surface area contributed by atoms with Crippen molar-refractivity contribution in [1.82, 2.24) is 0 Å². The minimum Gasteiger partial charge on any atom is -0.389 e. The second-order valence-corrected chi connectivity index (χ2v) is 2.82. The Morgan fingerprint density at radius 2 is 1.85 bits per heavy atom. The molecule has 2 rings (SSSR count). The number of hydrogen-bond acceptors (Lipinski definition) is 4. The lowest BCUT2D eigenvalue weighted by molar-refractivity contribution is -0.0392. The van der Waals surface area contributed by atoms with Gasteiger partial charge in [-0.3, -0.25) is 0 Å². The first kappa shape index (κ1) is 8.34. The number of rotatable bonds is 2. The van der Waals surface area contributed by atoms with E-state index in [1.54, 1.807) is 0 Å². The van der Waals surface area contributed by atoms with E-state index in [4.69, 9.17) is 9.84 Å². The first-order valence-corrected chi connectivity index (χ1v) is 4.00. The zero-order chi connectivity index (χ0) is 9.31. The Balaban J connectivity index is 2.62. The van der Waals surface area contributed by atoms with Crippen molar-refractivity contribution >= 4 is 0 Å². The molecule has 0 fully saturated rings. The molecule has 13 heavy (non-hydrogen) atoms. The molecule has 0 amide bonds. The van der Waals surface area contributed by atoms with Crippen molar-refractivity contribution in [3.63, 3.8) is 0 Å². The lowest BCUT2D eigenvalue weighted by Crippen LogP contribution is -2.30. The highest BCUT2D eigenvalue weighted by atomic mass is 16.5. The topological polar surface area (TPSA) is 54.2 Å². The number of benzene rings is 1. The number of aliphatic hydroxyl groups is 1. The second kappa shape index (κ2) is 2.90. The van der Waals surface area contributed by atoms with Crippen LogP contribution in [0.25, 0.3) is 0 Å². The van der Waals surface area contributed by atoms with E-state index in [9.17, 15) is 0 Å². The van der Waals surface area contributed by atoms with Crippen LogP contribution >= 0.6 is 0 Å². The first-order valence-electron chi connectivity index (χ1n) is 4.00. The number of nitrogens with zero attached hydrogens (tertiary/aromatic N) is 2. The summed E-state index contributed by atoms with van der Waals surface area (Å²) in [5.41, 5.74) is 0. The monoisotopic (exact) mass is 178 g/mol. The molecule has 0 aromatic heterocycles. The summed E-state index contributed by atoms with van der Waals surface area (Å²) in [6, 6.07) is 7.44. The fourth-order valence-electron chi connectivity index (χ4n) is 1.28. The van der Waals surface area contributed by atoms with Crippen molar-refractivity contribution in [2.24, 2.45) is 9.98 Å². The van der Waals surface area contributed by atoms with Crippen LogP contribution in [0.3, 0.4) is 0 Å². The molecule has 0 saturated heterocycles. The molecule has 0 radical (unpaired) electrons. The van der Waals surface area contributed by atoms with Crippen LogP contribution in [0.1, 0.15) is 0 Å². The van der Waals surface area contributed by atoms with Gasteiger partial charge in [-0.25, -0.2) is 9.98 Å². The number of methoxy groups -OCH3 is 1. The lowest BCUT2D eigenvalue weighted by atomic mass is 10.3. The van der Waals surface area contributed by atoms with Gasteiger partial charge in [0.2, 0.25) is 0 Å². The van der Waals surface area contributed by atoms with Gasteiger partial charge in [0.25, 0.3) is 5.85 Å². The van der Waals surface area contributed by atoms with Crippen molar-refractivity contribution in [2.45, 2.75) is 5.85 Å². The van der Waals surface area contributed by atoms with E-state index in [0.717, 1.165) is 10.7 Å². The second-order valence-electron chi connectivity index (χ2n) is 2.82. The van der Waals surface area contributed by atoms with E-state index in [1.807, 2.05) is 24.3 Å². The van der Waals surface area contributed by atoms with E-state index in [1.165, 1.54) is 7.11 Å². The molecule has 1 aromatic carbocycles. The van der Waals surface area contributed by atoms with E-state index >= 15 is 0 Å². The fourth-order valence-corrected chi connectivity index (χ4v) is 1.28. The minimum atomic E-state index is -1.11. The fraction of sp³-hybridized carbons (Fsp3) is 0.333. The third kappa shape index (κ3) is 1.24. The molecule has 68 valence electrons. The molecule has 0 bridgehead atoms. The van der Waals surface area contributed by atoms with Crippen molar-refractivity contribution in [3.05, 3.63) is 35.0 Å². The molecule has 0 saturated carbocycles. The number of aliphatic hydroxyl groups excluding tert-OH is 1. The third-order valence-corrected chi connectivity index (χ3v) is 2.00. The zero-order valence-electron chi connectivity index (χ0n) is 7.27. The largest absolute Gasteiger partial charge is 0.389 e. The van der Waals surface area contributed by atoms with E-state index in [0.29, 0.717) is 0 Å². The first-order chi connectivity index (χ1) is 6.29. The Kier molecular flexibility index (Phi) is 1.86. The van der Waals surface area contributed by atoms with Gasteiger partial charge in [0.15, 0.2) is 0 Å². The average molecular weight is 178 g/mol. The van der Waals surface area contributed by atoms with Crippen molar-refractivity contribution in [1.29, 1.82) is 0 Å². The molecular weight excluding hydrogens is 168 g/mol. The van der Waals surface area contributed by atoms with Gasteiger partial charge in [-0.15, -0.1) is 0 Å². The van der Waals surface area contributed by atoms with E-state index < -0.39 is 5.85 Å². The number of fused-ring (bicyclic) bond motifs is 1. The molecule has 1 N–H and O–H groups in total. The van der Waals surface area contributed by atoms with Gasteiger partial charge in [-0.05, 0) is 12.1 Å². The van der Waals surface area contributed by atoms with Crippen molar-refractivity contribution in [2.75, 3.05) is 13.7 Å². The van der Waals surface area contributed by atoms with Gasteiger partial charge >= 0.3 is 0 Å². The predicted octanol–water partition coefficient (Wildman–Crippen LogP) is -0.768. The maximum atomic E-state index is 9.08. The number of hydrogen-bond donors (Lipinski definition) is 1. The van der Waals surface area contributed by atoms with E-state index in [-0.39, 0.29) is 6.61 Å². The Labute approximate surface area is 75.2 Å². The lowest BCUT2D eigenvalue weighted by Gasteiger charge is -2.16. The summed E-state index contributed by atoms with van der Waals surface area (Å²) >= 11 is 0. The zero-order valence-corrected chi connectivity index (χ0v) is 7.27. The molecular formula is C9H10N2O2. The molecule has 1 aromatic rings. The minimum absolute atomic E-state index is 0.238. The molecule has 0 unspecified atom stereocenters. The van der Waals surface area contributed by atoms with Crippen LogP contribution in [0.2, 0.25) is 0 Å². The molecule has 1 heterocycles. The van der Waals surface area contributed by atoms with E-state index in [2.05, 4.69) is 9.98 Å². The summed E-state index contributed by atoms with van der Waals surface area (Å²) in [6.45, 7) is -0.238. The quantitative estimate of drug-likeness (QED) is 0.646. The molecule has 0 atom stereocenters. The smallest absolute Gasteiger partial charge is 0.281 e. The van der Waals surface area contributed by atoms with Crippen LogP contribution in [0.5, 0.6) is 0 Å². The van der Waals surface area contributed by atoms with Crippen LogP contribution in [0.4, 0.5) is 0 Å². The molecule has 4 heteroatoms. The van der Waals surface area contributed by atoms with Crippen LogP contribution in [-0.2, 0) is 4.74 Å². The molecule has 1 aliphatic rings. The maximum Gasteiger partial charge on any atom is 0.281 e. The Bertz CT molecular complexity index is 386. The summed E-state index contributed by atoms with van der Waals surface area (Å²) < 4.78 is 5.05. The summed E-state index contributed by atoms with van der Waals surface area (Å²) in [5.74, 6) is -1.11. The van der Waals surface area contributed by atoms with Gasteiger partial charge in [0.1, 0.15) is 6.61 Å². The highest BCUT2D eigenvalue weighted by Crippen LogP contribution is 2.12. The Morgan fingerprint density at radius 3 is 2.23 bits per heavy atom. The molecule has 1 aliphatic heterocycles.